The van der Waals surface area contributed by atoms with Gasteiger partial charge in [0.15, 0.2) is 0 Å². The molecular formula is C18H18ClN3O3. The van der Waals surface area contributed by atoms with Gasteiger partial charge in [0, 0.05) is 22.9 Å². The van der Waals surface area contributed by atoms with Gasteiger partial charge in [0.25, 0.3) is 11.8 Å². The first-order valence-electron chi connectivity index (χ1n) is 7.96. The normalized spacial score (nSPS) is 16.3. The van der Waals surface area contributed by atoms with Crippen molar-refractivity contribution in [2.75, 3.05) is 17.3 Å². The van der Waals surface area contributed by atoms with Gasteiger partial charge in [0.05, 0.1) is 5.69 Å². The van der Waals surface area contributed by atoms with Gasteiger partial charge >= 0.3 is 0 Å². The Morgan fingerprint density at radius 1 is 1.08 bits per heavy atom. The molecule has 0 aliphatic carbocycles. The second kappa shape index (κ2) is 8.00. The molecular weight excluding hydrogens is 342 g/mol. The van der Waals surface area contributed by atoms with Crippen molar-refractivity contribution in [2.24, 2.45) is 0 Å². The van der Waals surface area contributed by atoms with Gasteiger partial charge in [-0.3, -0.25) is 20.4 Å². The SMILES string of the molecule is O=C(NNc1cccc(Cl)c1)c1cccc(NC(=O)[C@H]2CCCO2)c1. The Hall–Kier alpha value is -2.57. The van der Waals surface area contributed by atoms with Crippen molar-refractivity contribution in [1.82, 2.24) is 5.43 Å². The fourth-order valence-electron chi connectivity index (χ4n) is 2.51. The fourth-order valence-corrected chi connectivity index (χ4v) is 2.70. The van der Waals surface area contributed by atoms with Crippen LogP contribution < -0.4 is 16.2 Å². The van der Waals surface area contributed by atoms with Crippen molar-refractivity contribution in [1.29, 1.82) is 0 Å². The molecule has 2 amide bonds. The summed E-state index contributed by atoms with van der Waals surface area (Å²) in [5.41, 5.74) is 7.03. The second-order valence-electron chi connectivity index (χ2n) is 5.66. The molecule has 0 radical (unpaired) electrons. The molecule has 1 heterocycles. The number of carbonyl (C=O) groups is 2. The highest BCUT2D eigenvalue weighted by Gasteiger charge is 2.23. The largest absolute Gasteiger partial charge is 0.368 e. The molecule has 1 aliphatic heterocycles. The number of rotatable bonds is 5. The van der Waals surface area contributed by atoms with Crippen LogP contribution in [0.3, 0.4) is 0 Å². The number of carbonyl (C=O) groups excluding carboxylic acids is 2. The molecule has 1 saturated heterocycles. The lowest BCUT2D eigenvalue weighted by Crippen LogP contribution is -2.30. The quantitative estimate of drug-likeness (QED) is 0.716. The Morgan fingerprint density at radius 2 is 1.88 bits per heavy atom. The molecule has 3 rings (SSSR count). The molecule has 1 atom stereocenters. The lowest BCUT2D eigenvalue weighted by atomic mass is 10.1. The number of halogens is 1. The van der Waals surface area contributed by atoms with Crippen LogP contribution in [0.25, 0.3) is 0 Å². The second-order valence-corrected chi connectivity index (χ2v) is 6.10. The van der Waals surface area contributed by atoms with E-state index in [-0.39, 0.29) is 11.8 Å². The standard InChI is InChI=1S/C18H18ClN3O3/c19-13-5-2-7-15(11-13)21-22-17(23)12-4-1-6-14(10-12)20-18(24)16-8-3-9-25-16/h1-2,4-7,10-11,16,21H,3,8-9H2,(H,20,24)(H,22,23)/t16-/m1/s1. The van der Waals surface area contributed by atoms with Crippen LogP contribution in [0, 0.1) is 0 Å². The van der Waals surface area contributed by atoms with Crippen LogP contribution >= 0.6 is 11.6 Å². The van der Waals surface area contributed by atoms with Crippen LogP contribution in [0.2, 0.25) is 5.02 Å². The summed E-state index contributed by atoms with van der Waals surface area (Å²) in [6, 6.07) is 13.7. The summed E-state index contributed by atoms with van der Waals surface area (Å²) in [6.45, 7) is 0.607. The molecule has 0 aromatic heterocycles. The monoisotopic (exact) mass is 359 g/mol. The van der Waals surface area contributed by atoms with Crippen molar-refractivity contribution in [2.45, 2.75) is 18.9 Å². The van der Waals surface area contributed by atoms with E-state index < -0.39 is 6.10 Å². The van der Waals surface area contributed by atoms with Gasteiger partial charge in [-0.05, 0) is 49.2 Å². The van der Waals surface area contributed by atoms with Crippen LogP contribution in [0.1, 0.15) is 23.2 Å². The molecule has 2 aromatic carbocycles. The Labute approximate surface area is 150 Å². The summed E-state index contributed by atoms with van der Waals surface area (Å²) < 4.78 is 5.35. The first-order chi connectivity index (χ1) is 12.1. The Bertz CT molecular complexity index is 776. The summed E-state index contributed by atoms with van der Waals surface area (Å²) in [5, 5.41) is 3.35. The van der Waals surface area contributed by atoms with E-state index in [4.69, 9.17) is 16.3 Å². The van der Waals surface area contributed by atoms with E-state index in [9.17, 15) is 9.59 Å². The van der Waals surface area contributed by atoms with Crippen molar-refractivity contribution in [3.8, 4) is 0 Å². The van der Waals surface area contributed by atoms with Gasteiger partial charge in [-0.25, -0.2) is 0 Å². The maximum Gasteiger partial charge on any atom is 0.269 e. The van der Waals surface area contributed by atoms with Gasteiger partial charge in [-0.1, -0.05) is 23.7 Å². The van der Waals surface area contributed by atoms with E-state index in [0.717, 1.165) is 12.8 Å². The van der Waals surface area contributed by atoms with E-state index >= 15 is 0 Å². The number of anilines is 2. The topological polar surface area (TPSA) is 79.5 Å². The third-order valence-electron chi connectivity index (χ3n) is 3.76. The van der Waals surface area contributed by atoms with Crippen molar-refractivity contribution in [3.63, 3.8) is 0 Å². The number of hydrogen-bond donors (Lipinski definition) is 3. The van der Waals surface area contributed by atoms with Gasteiger partial charge in [0.1, 0.15) is 6.10 Å². The summed E-state index contributed by atoms with van der Waals surface area (Å²) in [6.07, 6.45) is 1.19. The maximum atomic E-state index is 12.3. The van der Waals surface area contributed by atoms with Crippen LogP contribution in [-0.4, -0.2) is 24.5 Å². The van der Waals surface area contributed by atoms with Gasteiger partial charge in [-0.15, -0.1) is 0 Å². The Balaban J connectivity index is 1.60. The van der Waals surface area contributed by atoms with Crippen LogP contribution in [0.5, 0.6) is 0 Å². The van der Waals surface area contributed by atoms with Crippen LogP contribution in [-0.2, 0) is 9.53 Å². The smallest absolute Gasteiger partial charge is 0.269 e. The first-order valence-corrected chi connectivity index (χ1v) is 8.34. The molecule has 0 saturated carbocycles. The predicted molar refractivity (Wildman–Crippen MR) is 96.6 cm³/mol. The highest BCUT2D eigenvalue weighted by atomic mass is 35.5. The zero-order chi connectivity index (χ0) is 17.6. The number of hydrogen-bond acceptors (Lipinski definition) is 4. The summed E-state index contributed by atoms with van der Waals surface area (Å²) in [4.78, 5) is 24.3. The van der Waals surface area contributed by atoms with E-state index in [1.54, 1.807) is 48.5 Å². The van der Waals surface area contributed by atoms with Crippen LogP contribution in [0.4, 0.5) is 11.4 Å². The van der Waals surface area contributed by atoms with Crippen molar-refractivity contribution < 1.29 is 14.3 Å². The number of benzene rings is 2. The third-order valence-corrected chi connectivity index (χ3v) is 3.99. The van der Waals surface area contributed by atoms with Crippen molar-refractivity contribution >= 4 is 34.8 Å². The number of ether oxygens (including phenoxy) is 1. The van der Waals surface area contributed by atoms with E-state index in [1.807, 2.05) is 0 Å². The fraction of sp³-hybridized carbons (Fsp3) is 0.222. The molecule has 1 aliphatic rings. The maximum absolute atomic E-state index is 12.3. The minimum atomic E-state index is -0.415. The van der Waals surface area contributed by atoms with Gasteiger partial charge in [-0.2, -0.15) is 0 Å². The molecule has 7 heteroatoms. The number of amides is 2. The van der Waals surface area contributed by atoms with E-state index in [1.165, 1.54) is 0 Å². The molecule has 6 nitrogen and oxygen atoms in total. The van der Waals surface area contributed by atoms with E-state index in [2.05, 4.69) is 16.2 Å². The highest BCUT2D eigenvalue weighted by molar-refractivity contribution is 6.30. The lowest BCUT2D eigenvalue weighted by Gasteiger charge is -2.12. The molecule has 0 spiro atoms. The summed E-state index contributed by atoms with van der Waals surface area (Å²) >= 11 is 5.90. The number of hydrazine groups is 1. The van der Waals surface area contributed by atoms with Gasteiger partial charge < -0.3 is 10.1 Å². The molecule has 3 N–H and O–H groups in total. The number of nitrogens with one attached hydrogen (secondary N) is 3. The lowest BCUT2D eigenvalue weighted by molar-refractivity contribution is -0.124. The van der Waals surface area contributed by atoms with Gasteiger partial charge in [0.2, 0.25) is 0 Å². The molecule has 0 bridgehead atoms. The summed E-state index contributed by atoms with van der Waals surface area (Å²) in [7, 11) is 0. The molecule has 130 valence electrons. The average molecular weight is 360 g/mol. The minimum absolute atomic E-state index is 0.188. The zero-order valence-corrected chi connectivity index (χ0v) is 14.2. The van der Waals surface area contributed by atoms with Crippen LogP contribution in [0.15, 0.2) is 48.5 Å². The molecule has 0 unspecified atom stereocenters. The first kappa shape index (κ1) is 17.3. The van der Waals surface area contributed by atoms with E-state index in [0.29, 0.717) is 28.6 Å². The summed E-state index contributed by atoms with van der Waals surface area (Å²) in [5.74, 6) is -0.514. The third kappa shape index (κ3) is 4.71. The Kier molecular flexibility index (Phi) is 5.53. The molecule has 25 heavy (non-hydrogen) atoms. The Morgan fingerprint density at radius 3 is 2.64 bits per heavy atom. The highest BCUT2D eigenvalue weighted by Crippen LogP contribution is 2.17. The molecule has 2 aromatic rings. The minimum Gasteiger partial charge on any atom is -0.368 e. The van der Waals surface area contributed by atoms with Crippen molar-refractivity contribution in [3.05, 3.63) is 59.1 Å². The molecule has 1 fully saturated rings. The average Bonchev–Trinajstić information content (AvgIpc) is 3.15. The predicted octanol–water partition coefficient (Wildman–Crippen LogP) is 3.21. The zero-order valence-electron chi connectivity index (χ0n) is 13.4.